The van der Waals surface area contributed by atoms with E-state index >= 15 is 0 Å². The molecule has 0 aromatic heterocycles. The molecule has 0 unspecified atom stereocenters. The molecule has 0 radical (unpaired) electrons. The highest BCUT2D eigenvalue weighted by molar-refractivity contribution is 5.89. The molecule has 0 bridgehead atoms. The van der Waals surface area contributed by atoms with Crippen molar-refractivity contribution in [3.8, 4) is 0 Å². The van der Waals surface area contributed by atoms with Crippen LogP contribution >= 0.6 is 0 Å². The van der Waals surface area contributed by atoms with Gasteiger partial charge in [-0.05, 0) is 93.3 Å². The number of unbranched alkanes of at least 4 members (excludes halogenated alkanes) is 1. The number of fused-ring (bicyclic) bond motifs is 1. The van der Waals surface area contributed by atoms with Crippen LogP contribution in [-0.4, -0.2) is 49.4 Å². The molecular weight excluding hydrogens is 544 g/mol. The lowest BCUT2D eigenvalue weighted by Crippen LogP contribution is -2.42. The molecule has 0 saturated carbocycles. The molecule has 3 rings (SSSR count). The largest absolute Gasteiger partial charge is 0.445 e. The molecule has 0 aliphatic carbocycles. The van der Waals surface area contributed by atoms with Crippen molar-refractivity contribution in [2.24, 2.45) is 5.73 Å². The number of carbonyl (C=O) groups is 3. The van der Waals surface area contributed by atoms with Crippen molar-refractivity contribution >= 4 is 28.9 Å². The molecule has 1 atom stereocenters. The van der Waals surface area contributed by atoms with Crippen LogP contribution in [0.4, 0.5) is 9.59 Å². The molecule has 232 valence electrons. The molecule has 0 aliphatic heterocycles. The van der Waals surface area contributed by atoms with Gasteiger partial charge in [0.2, 0.25) is 5.91 Å². The standard InChI is InChI=1S/C34H46N4O5/c1-34(2,3)43-33(41)38-23-11-22-36-30(31(35)39)20-19-27-18-17-26(28-15-7-8-16-29(27)28)14-9-10-21-37-32(40)42-24-25-12-5-4-6-13-25/h4-8,12-13,15-18,30,36H,9-11,14,19-24H2,1-3H3,(H2,35,39)(H,37,40)(H,38,41)/t30-/m0/s1. The highest BCUT2D eigenvalue weighted by Crippen LogP contribution is 2.25. The summed E-state index contributed by atoms with van der Waals surface area (Å²) >= 11 is 0. The van der Waals surface area contributed by atoms with Gasteiger partial charge >= 0.3 is 12.2 Å². The van der Waals surface area contributed by atoms with Gasteiger partial charge in [0.05, 0.1) is 6.04 Å². The van der Waals surface area contributed by atoms with Gasteiger partial charge in [-0.25, -0.2) is 9.59 Å². The Bertz CT molecular complexity index is 1320. The van der Waals surface area contributed by atoms with Gasteiger partial charge in [0.15, 0.2) is 0 Å². The van der Waals surface area contributed by atoms with Crippen molar-refractivity contribution in [3.63, 3.8) is 0 Å². The maximum absolute atomic E-state index is 12.1. The number of nitrogens with two attached hydrogens (primary N) is 1. The third-order valence-electron chi connectivity index (χ3n) is 6.92. The fourth-order valence-corrected chi connectivity index (χ4v) is 4.78. The van der Waals surface area contributed by atoms with E-state index in [1.807, 2.05) is 63.2 Å². The fraction of sp³-hybridized carbons (Fsp3) is 0.441. The fourth-order valence-electron chi connectivity index (χ4n) is 4.78. The van der Waals surface area contributed by atoms with Crippen LogP contribution in [0.25, 0.3) is 10.8 Å². The van der Waals surface area contributed by atoms with E-state index in [0.717, 1.165) is 24.8 Å². The molecule has 3 aromatic rings. The van der Waals surface area contributed by atoms with Gasteiger partial charge < -0.3 is 31.2 Å². The summed E-state index contributed by atoms with van der Waals surface area (Å²) in [5.41, 5.74) is 8.53. The Morgan fingerprint density at radius 3 is 2.00 bits per heavy atom. The molecule has 3 amide bonds. The summed E-state index contributed by atoms with van der Waals surface area (Å²) < 4.78 is 10.5. The summed E-state index contributed by atoms with van der Waals surface area (Å²) in [5.74, 6) is -0.390. The van der Waals surface area contributed by atoms with Crippen molar-refractivity contribution in [2.75, 3.05) is 19.6 Å². The van der Waals surface area contributed by atoms with Crippen LogP contribution in [0.15, 0.2) is 66.7 Å². The van der Waals surface area contributed by atoms with Crippen LogP contribution in [0.2, 0.25) is 0 Å². The van der Waals surface area contributed by atoms with E-state index in [9.17, 15) is 14.4 Å². The van der Waals surface area contributed by atoms with E-state index in [1.54, 1.807) is 0 Å². The predicted molar refractivity (Wildman–Crippen MR) is 170 cm³/mol. The van der Waals surface area contributed by atoms with Crippen molar-refractivity contribution < 1.29 is 23.9 Å². The zero-order valence-corrected chi connectivity index (χ0v) is 25.6. The molecule has 3 aromatic carbocycles. The topological polar surface area (TPSA) is 132 Å². The van der Waals surface area contributed by atoms with Gasteiger partial charge in [-0.1, -0.05) is 66.7 Å². The van der Waals surface area contributed by atoms with Crippen molar-refractivity contribution in [1.29, 1.82) is 0 Å². The van der Waals surface area contributed by atoms with Crippen molar-refractivity contribution in [3.05, 3.63) is 83.4 Å². The minimum Gasteiger partial charge on any atom is -0.445 e. The first-order valence-corrected chi connectivity index (χ1v) is 15.1. The first kappa shape index (κ1) is 33.4. The smallest absolute Gasteiger partial charge is 0.407 e. The number of aryl methyl sites for hydroxylation is 2. The summed E-state index contributed by atoms with van der Waals surface area (Å²) in [6.45, 7) is 7.25. The highest BCUT2D eigenvalue weighted by Gasteiger charge is 2.17. The third-order valence-corrected chi connectivity index (χ3v) is 6.92. The molecule has 0 heterocycles. The van der Waals surface area contributed by atoms with Crippen molar-refractivity contribution in [2.45, 2.75) is 77.5 Å². The average molecular weight is 591 g/mol. The Morgan fingerprint density at radius 1 is 0.744 bits per heavy atom. The molecule has 0 spiro atoms. The number of carbonyl (C=O) groups excluding carboxylic acids is 3. The maximum Gasteiger partial charge on any atom is 0.407 e. The summed E-state index contributed by atoms with van der Waals surface area (Å²) in [6.07, 6.45) is 3.73. The molecule has 43 heavy (non-hydrogen) atoms. The number of nitrogens with one attached hydrogen (secondary N) is 3. The Labute approximate surface area is 254 Å². The second kappa shape index (κ2) is 17.1. The van der Waals surface area contributed by atoms with Gasteiger partial charge in [0.1, 0.15) is 12.2 Å². The molecule has 0 aliphatic rings. The van der Waals surface area contributed by atoms with Crippen LogP contribution in [0.1, 0.15) is 63.1 Å². The van der Waals surface area contributed by atoms with Gasteiger partial charge in [-0.2, -0.15) is 0 Å². The average Bonchev–Trinajstić information content (AvgIpc) is 2.97. The Kier molecular flexibility index (Phi) is 13.3. The molecule has 0 saturated heterocycles. The summed E-state index contributed by atoms with van der Waals surface area (Å²) in [6, 6.07) is 21.8. The number of rotatable bonds is 16. The number of benzene rings is 3. The number of hydrogen-bond acceptors (Lipinski definition) is 6. The lowest BCUT2D eigenvalue weighted by Gasteiger charge is -2.20. The Balaban J connectivity index is 1.42. The predicted octanol–water partition coefficient (Wildman–Crippen LogP) is 5.38. The summed E-state index contributed by atoms with van der Waals surface area (Å²) in [5, 5.41) is 11.2. The number of alkyl carbamates (subject to hydrolysis) is 2. The monoisotopic (exact) mass is 590 g/mol. The maximum atomic E-state index is 12.1. The van der Waals surface area contributed by atoms with Gasteiger partial charge in [0.25, 0.3) is 0 Å². The Morgan fingerprint density at radius 2 is 1.35 bits per heavy atom. The minimum atomic E-state index is -0.542. The number of primary amides is 1. The second-order valence-electron chi connectivity index (χ2n) is 11.6. The van der Waals surface area contributed by atoms with E-state index in [2.05, 4.69) is 40.2 Å². The summed E-state index contributed by atoms with van der Waals surface area (Å²) in [4.78, 5) is 35.9. The number of ether oxygens (including phenoxy) is 2. The first-order valence-electron chi connectivity index (χ1n) is 15.1. The van der Waals surface area contributed by atoms with E-state index in [0.29, 0.717) is 38.9 Å². The Hall–Kier alpha value is -4.11. The van der Waals surface area contributed by atoms with Crippen LogP contribution in [0, 0.1) is 0 Å². The second-order valence-corrected chi connectivity index (χ2v) is 11.6. The first-order chi connectivity index (χ1) is 20.6. The normalized spacial score (nSPS) is 12.0. The third kappa shape index (κ3) is 12.3. The van der Waals surface area contributed by atoms with E-state index in [4.69, 9.17) is 15.2 Å². The SMILES string of the molecule is CC(C)(C)OC(=O)NCCCN[C@@H](CCc1ccc(CCCCNC(=O)OCc2ccccc2)c2ccccc12)C(N)=O. The molecule has 9 nitrogen and oxygen atoms in total. The van der Waals surface area contributed by atoms with Gasteiger partial charge in [-0.15, -0.1) is 0 Å². The molecular formula is C34H46N4O5. The van der Waals surface area contributed by atoms with Gasteiger partial charge in [0, 0.05) is 13.1 Å². The lowest BCUT2D eigenvalue weighted by atomic mass is 9.93. The van der Waals surface area contributed by atoms with Crippen LogP contribution in [0.5, 0.6) is 0 Å². The quantitative estimate of drug-likeness (QED) is 0.166. The van der Waals surface area contributed by atoms with Crippen LogP contribution < -0.4 is 21.7 Å². The highest BCUT2D eigenvalue weighted by atomic mass is 16.6. The van der Waals surface area contributed by atoms with E-state index in [1.165, 1.54) is 21.9 Å². The molecule has 9 heteroatoms. The lowest BCUT2D eigenvalue weighted by molar-refractivity contribution is -0.120. The zero-order chi connectivity index (χ0) is 31.1. The van der Waals surface area contributed by atoms with Crippen molar-refractivity contribution in [1.82, 2.24) is 16.0 Å². The molecule has 5 N–H and O–H groups in total. The zero-order valence-electron chi connectivity index (χ0n) is 25.6. The number of amides is 3. The van der Waals surface area contributed by atoms with E-state index in [-0.39, 0.29) is 6.61 Å². The summed E-state index contributed by atoms with van der Waals surface area (Å²) in [7, 11) is 0. The van der Waals surface area contributed by atoms with Crippen LogP contribution in [0.3, 0.4) is 0 Å². The number of hydrogen-bond donors (Lipinski definition) is 4. The molecule has 0 fully saturated rings. The van der Waals surface area contributed by atoms with E-state index < -0.39 is 29.7 Å². The van der Waals surface area contributed by atoms with Crippen LogP contribution in [-0.2, 0) is 33.7 Å². The van der Waals surface area contributed by atoms with Gasteiger partial charge in [-0.3, -0.25) is 4.79 Å². The minimum absolute atomic E-state index is 0.259.